The van der Waals surface area contributed by atoms with Gasteiger partial charge in [-0.3, -0.25) is 0 Å². The van der Waals surface area contributed by atoms with Crippen molar-refractivity contribution in [3.8, 4) is 17.2 Å². The first-order valence-electron chi connectivity index (χ1n) is 11.0. The van der Waals surface area contributed by atoms with Crippen LogP contribution in [0.3, 0.4) is 0 Å². The molecular formula is C27H28N2O3. The van der Waals surface area contributed by atoms with Crippen LogP contribution in [-0.4, -0.2) is 24.9 Å². The first kappa shape index (κ1) is 20.4. The number of nitrogens with zero attached hydrogens (tertiary/aromatic N) is 2. The van der Waals surface area contributed by atoms with Gasteiger partial charge in [0.25, 0.3) is 0 Å². The fraction of sp³-hybridized carbons (Fsp3) is 0.296. The minimum absolute atomic E-state index is 0.0840. The van der Waals surface area contributed by atoms with E-state index in [1.165, 1.54) is 5.56 Å². The van der Waals surface area contributed by atoms with Gasteiger partial charge in [0, 0.05) is 17.5 Å². The molecule has 0 aliphatic carbocycles. The predicted molar refractivity (Wildman–Crippen MR) is 126 cm³/mol. The van der Waals surface area contributed by atoms with E-state index in [0.29, 0.717) is 5.92 Å². The van der Waals surface area contributed by atoms with Crippen molar-refractivity contribution in [2.45, 2.75) is 38.5 Å². The Kier molecular flexibility index (Phi) is 5.25. The average Bonchev–Trinajstić information content (AvgIpc) is 3.29. The SMILES string of the molecule is COc1ccc(C2=NN3[C@H](C2)c2cc(OC)ccc2O[C@H]3c2ccc(C(C)C)cc2)cc1. The van der Waals surface area contributed by atoms with E-state index >= 15 is 0 Å². The fourth-order valence-corrected chi connectivity index (χ4v) is 4.42. The summed E-state index contributed by atoms with van der Waals surface area (Å²) < 4.78 is 17.3. The maximum absolute atomic E-state index is 6.50. The number of fused-ring (bicyclic) bond motifs is 3. The molecule has 2 aliphatic heterocycles. The lowest BCUT2D eigenvalue weighted by Crippen LogP contribution is -2.33. The quantitative estimate of drug-likeness (QED) is 0.495. The zero-order valence-electron chi connectivity index (χ0n) is 18.9. The summed E-state index contributed by atoms with van der Waals surface area (Å²) in [5.74, 6) is 3.04. The molecule has 0 saturated carbocycles. The Balaban J connectivity index is 1.55. The third-order valence-electron chi connectivity index (χ3n) is 6.31. The summed E-state index contributed by atoms with van der Waals surface area (Å²) in [4.78, 5) is 0. The second-order valence-electron chi connectivity index (χ2n) is 8.57. The summed E-state index contributed by atoms with van der Waals surface area (Å²) in [7, 11) is 3.37. The van der Waals surface area contributed by atoms with Crippen LogP contribution in [0.4, 0.5) is 0 Å². The van der Waals surface area contributed by atoms with Crippen LogP contribution in [0.15, 0.2) is 71.8 Å². The van der Waals surface area contributed by atoms with E-state index in [-0.39, 0.29) is 12.3 Å². The average molecular weight is 429 g/mol. The zero-order valence-corrected chi connectivity index (χ0v) is 18.9. The number of hydrazone groups is 1. The molecule has 0 radical (unpaired) electrons. The second-order valence-corrected chi connectivity index (χ2v) is 8.57. The molecule has 0 fully saturated rings. The molecule has 164 valence electrons. The highest BCUT2D eigenvalue weighted by Crippen LogP contribution is 2.48. The molecule has 5 rings (SSSR count). The molecule has 2 atom stereocenters. The minimum atomic E-state index is -0.280. The highest BCUT2D eigenvalue weighted by Gasteiger charge is 2.41. The van der Waals surface area contributed by atoms with Crippen molar-refractivity contribution in [2.75, 3.05) is 14.2 Å². The molecule has 2 heterocycles. The van der Waals surface area contributed by atoms with Gasteiger partial charge in [0.1, 0.15) is 17.2 Å². The fourth-order valence-electron chi connectivity index (χ4n) is 4.42. The number of benzene rings is 3. The lowest BCUT2D eigenvalue weighted by atomic mass is 9.95. The number of hydrogen-bond donors (Lipinski definition) is 0. The van der Waals surface area contributed by atoms with E-state index in [0.717, 1.165) is 46.1 Å². The Morgan fingerprint density at radius 1 is 0.906 bits per heavy atom. The Morgan fingerprint density at radius 3 is 2.25 bits per heavy atom. The maximum atomic E-state index is 6.50. The van der Waals surface area contributed by atoms with Crippen LogP contribution in [0.5, 0.6) is 17.2 Å². The lowest BCUT2D eigenvalue weighted by molar-refractivity contribution is -0.0191. The van der Waals surface area contributed by atoms with E-state index in [2.05, 4.69) is 61.3 Å². The van der Waals surface area contributed by atoms with E-state index in [4.69, 9.17) is 19.3 Å². The predicted octanol–water partition coefficient (Wildman–Crippen LogP) is 6.07. The van der Waals surface area contributed by atoms with Crippen LogP contribution in [0.1, 0.15) is 60.7 Å². The van der Waals surface area contributed by atoms with Gasteiger partial charge < -0.3 is 14.2 Å². The van der Waals surface area contributed by atoms with Crippen molar-refractivity contribution in [3.05, 3.63) is 89.0 Å². The highest BCUT2D eigenvalue weighted by atomic mass is 16.5. The van der Waals surface area contributed by atoms with E-state index in [1.807, 2.05) is 24.3 Å². The second kappa shape index (κ2) is 8.23. The van der Waals surface area contributed by atoms with Crippen LogP contribution < -0.4 is 14.2 Å². The highest BCUT2D eigenvalue weighted by molar-refractivity contribution is 6.02. The molecule has 3 aromatic rings. The zero-order chi connectivity index (χ0) is 22.2. The van der Waals surface area contributed by atoms with Crippen molar-refractivity contribution in [3.63, 3.8) is 0 Å². The van der Waals surface area contributed by atoms with Crippen molar-refractivity contribution in [1.29, 1.82) is 0 Å². The molecule has 0 amide bonds. The van der Waals surface area contributed by atoms with Gasteiger partial charge in [0.2, 0.25) is 6.23 Å². The molecule has 0 aromatic heterocycles. The molecule has 0 bridgehead atoms. The molecule has 2 aliphatic rings. The van der Waals surface area contributed by atoms with Gasteiger partial charge in [-0.1, -0.05) is 38.1 Å². The summed E-state index contributed by atoms with van der Waals surface area (Å²) in [5.41, 5.74) is 5.65. The molecule has 3 aromatic carbocycles. The first-order chi connectivity index (χ1) is 15.6. The van der Waals surface area contributed by atoms with E-state index in [1.54, 1.807) is 14.2 Å². The smallest absolute Gasteiger partial charge is 0.213 e. The molecule has 5 heteroatoms. The lowest BCUT2D eigenvalue weighted by Gasteiger charge is -2.38. The molecule has 0 unspecified atom stereocenters. The van der Waals surface area contributed by atoms with Gasteiger partial charge in [-0.2, -0.15) is 5.10 Å². The molecule has 0 saturated heterocycles. The molecule has 32 heavy (non-hydrogen) atoms. The third-order valence-corrected chi connectivity index (χ3v) is 6.31. The van der Waals surface area contributed by atoms with Crippen molar-refractivity contribution >= 4 is 5.71 Å². The summed E-state index contributed by atoms with van der Waals surface area (Å²) in [6.07, 6.45) is 0.522. The largest absolute Gasteiger partial charge is 0.497 e. The Hall–Kier alpha value is -3.47. The van der Waals surface area contributed by atoms with Gasteiger partial charge >= 0.3 is 0 Å². The summed E-state index contributed by atoms with van der Waals surface area (Å²) >= 11 is 0. The number of hydrogen-bond acceptors (Lipinski definition) is 5. The molecule has 5 nitrogen and oxygen atoms in total. The van der Waals surface area contributed by atoms with Gasteiger partial charge in [0.15, 0.2) is 0 Å². The van der Waals surface area contributed by atoms with Crippen molar-refractivity contribution < 1.29 is 14.2 Å². The van der Waals surface area contributed by atoms with Gasteiger partial charge in [0.05, 0.1) is 26.0 Å². The monoisotopic (exact) mass is 428 g/mol. The summed E-state index contributed by atoms with van der Waals surface area (Å²) in [5, 5.41) is 7.15. The standard InChI is InChI=1S/C27H28N2O3/c1-17(2)18-5-7-20(8-6-18)27-29-25(23-15-22(31-4)13-14-26(23)32-27)16-24(28-29)19-9-11-21(30-3)12-10-19/h5-15,17,25,27H,16H2,1-4H3/t25-,27+/m1/s1. The Labute approximate surface area is 189 Å². The van der Waals surface area contributed by atoms with Crippen molar-refractivity contribution in [1.82, 2.24) is 5.01 Å². The van der Waals surface area contributed by atoms with Crippen LogP contribution in [0.2, 0.25) is 0 Å². The number of methoxy groups -OCH3 is 2. The van der Waals surface area contributed by atoms with Crippen LogP contribution in [0, 0.1) is 0 Å². The summed E-state index contributed by atoms with van der Waals surface area (Å²) in [6, 6.07) is 22.9. The maximum Gasteiger partial charge on any atom is 0.213 e. The van der Waals surface area contributed by atoms with Crippen LogP contribution in [-0.2, 0) is 0 Å². The van der Waals surface area contributed by atoms with Gasteiger partial charge in [-0.05, 0) is 59.5 Å². The number of ether oxygens (including phenoxy) is 3. The Bertz CT molecular complexity index is 1140. The van der Waals surface area contributed by atoms with Crippen LogP contribution in [0.25, 0.3) is 0 Å². The Morgan fingerprint density at radius 2 is 1.59 bits per heavy atom. The van der Waals surface area contributed by atoms with Gasteiger partial charge in [-0.15, -0.1) is 0 Å². The normalized spacial score (nSPS) is 19.2. The first-order valence-corrected chi connectivity index (χ1v) is 11.0. The van der Waals surface area contributed by atoms with E-state index in [9.17, 15) is 0 Å². The summed E-state index contributed by atoms with van der Waals surface area (Å²) in [6.45, 7) is 4.41. The molecular weight excluding hydrogens is 400 g/mol. The third kappa shape index (κ3) is 3.58. The van der Waals surface area contributed by atoms with Crippen molar-refractivity contribution in [2.24, 2.45) is 5.10 Å². The number of rotatable bonds is 5. The molecule has 0 spiro atoms. The van der Waals surface area contributed by atoms with E-state index < -0.39 is 0 Å². The topological polar surface area (TPSA) is 43.3 Å². The van der Waals surface area contributed by atoms with Crippen LogP contribution >= 0.6 is 0 Å². The molecule has 0 N–H and O–H groups in total. The minimum Gasteiger partial charge on any atom is -0.497 e. The van der Waals surface area contributed by atoms with Gasteiger partial charge in [-0.25, -0.2) is 5.01 Å².